The van der Waals surface area contributed by atoms with Gasteiger partial charge in [0.05, 0.1) is 0 Å². The van der Waals surface area contributed by atoms with Gasteiger partial charge in [-0.1, -0.05) is 13.1 Å². The summed E-state index contributed by atoms with van der Waals surface area (Å²) in [6.07, 6.45) is -1.43. The summed E-state index contributed by atoms with van der Waals surface area (Å²) in [6.45, 7) is -2.27. The van der Waals surface area contributed by atoms with E-state index in [-0.39, 0.29) is 12.3 Å². The van der Waals surface area contributed by atoms with Crippen molar-refractivity contribution in [3.05, 3.63) is 16.0 Å². The molecule has 6 N–H and O–H groups in total. The van der Waals surface area contributed by atoms with E-state index >= 15 is 0 Å². The Morgan fingerprint density at radius 1 is 0.844 bits per heavy atom. The number of carbonyl (C=O) groups excluding carboxylic acids is 4. The molecule has 0 aromatic heterocycles. The van der Waals surface area contributed by atoms with E-state index in [1.54, 1.807) is 0 Å². The topological polar surface area (TPSA) is 275 Å². The van der Waals surface area contributed by atoms with Gasteiger partial charge in [-0.05, 0) is 13.0 Å². The van der Waals surface area contributed by atoms with Crippen molar-refractivity contribution < 1.29 is 75.3 Å². The van der Waals surface area contributed by atoms with Crippen LogP contribution in [0.1, 0.15) is 12.8 Å². The van der Waals surface area contributed by atoms with E-state index in [1.165, 1.54) is 0 Å². The van der Waals surface area contributed by atoms with Gasteiger partial charge in [-0.15, -0.1) is 5.75 Å². The predicted octanol–water partition coefficient (Wildman–Crippen LogP) is -1.99. The number of nitrogens with zero attached hydrogens (tertiary/aromatic N) is 3. The number of nitrogens with one attached hydrogen (secondary N) is 1. The van der Waals surface area contributed by atoms with Crippen LogP contribution in [0.4, 0.5) is 0 Å². The summed E-state index contributed by atoms with van der Waals surface area (Å²) < 4.78 is 30.5. The van der Waals surface area contributed by atoms with E-state index < -0.39 is 76.4 Å². The number of amides is 4. The molecule has 0 atom stereocenters. The molecule has 0 unspecified atom stereocenters. The molecule has 0 aromatic rings. The van der Waals surface area contributed by atoms with Gasteiger partial charge >= 0.3 is 37.6 Å². The molecule has 0 heterocycles. The van der Waals surface area contributed by atoms with Crippen molar-refractivity contribution in [1.82, 2.24) is 5.32 Å². The molecule has 32 heavy (non-hydrogen) atoms. The Balaban J connectivity index is 0. The number of hydrogen-bond donors (Lipinski definition) is 6. The van der Waals surface area contributed by atoms with E-state index in [2.05, 4.69) is 33.9 Å². The number of carbonyl (C=O) groups is 4. The summed E-state index contributed by atoms with van der Waals surface area (Å²) >= 11 is 5.31. The van der Waals surface area contributed by atoms with Crippen molar-refractivity contribution in [2.75, 3.05) is 31.9 Å². The van der Waals surface area contributed by atoms with Gasteiger partial charge in [-0.25, -0.2) is 0 Å². The van der Waals surface area contributed by atoms with Crippen LogP contribution in [0.5, 0.6) is 0 Å². The third-order valence-electron chi connectivity index (χ3n) is 3.25. The summed E-state index contributed by atoms with van der Waals surface area (Å²) in [6, 6.07) is 0. The van der Waals surface area contributed by atoms with Crippen molar-refractivity contribution in [1.29, 1.82) is 0 Å². The van der Waals surface area contributed by atoms with Crippen LogP contribution in [0.3, 0.4) is 0 Å². The normalized spacial score (nSPS) is 11.4. The van der Waals surface area contributed by atoms with Crippen LogP contribution < -0.4 is 5.32 Å². The molecule has 185 valence electrons. The molecule has 0 aliphatic rings. The van der Waals surface area contributed by atoms with E-state index in [4.69, 9.17) is 23.1 Å². The van der Waals surface area contributed by atoms with Gasteiger partial charge in [-0.3, -0.25) is 13.9 Å². The first kappa shape index (κ1) is 33.1. The summed E-state index contributed by atoms with van der Waals surface area (Å²) in [5, 5.41) is 18.1. The van der Waals surface area contributed by atoms with Crippen molar-refractivity contribution in [3.8, 4) is 0 Å². The van der Waals surface area contributed by atoms with E-state index in [0.29, 0.717) is 0 Å². The van der Waals surface area contributed by atoms with Gasteiger partial charge in [0.25, 0.3) is 5.08 Å². The molecule has 0 spiro atoms. The average Bonchev–Trinajstić information content (AvgIpc) is 2.71. The Morgan fingerprint density at radius 2 is 1.25 bits per heavy atom. The van der Waals surface area contributed by atoms with Crippen molar-refractivity contribution >= 4 is 51.4 Å². The molecular weight excluding hydrogens is 584 g/mol. The Hall–Kier alpha value is -1.06. The van der Waals surface area contributed by atoms with Crippen molar-refractivity contribution in [2.24, 2.45) is 0 Å². The van der Waals surface area contributed by atoms with Gasteiger partial charge in [0.15, 0.2) is 0 Å². The maximum absolute atomic E-state index is 11.5. The standard InChI is InChI=1S/C12H24N4O11P2S.O.Tc/c17-8(4-14-9(18)5-15-10(19)6-16-11(20)7-30)13-3-1-2-12(21,28(22,23)24)29(25,26)27;;/h21H,1-7H2,(H9,13,14,15,16,17,18,19,20,22,23,24,25,26,27,30);;/q;;+2/p-4. The molecule has 0 aromatic carbocycles. The molecule has 0 saturated carbocycles. The Labute approximate surface area is 197 Å². The molecule has 0 fully saturated rings. The van der Waals surface area contributed by atoms with E-state index in [9.17, 15) is 33.4 Å². The number of aliphatic hydroxyl groups is 1. The molecule has 0 rings (SSSR count). The van der Waals surface area contributed by atoms with Crippen LogP contribution in [0.2, 0.25) is 0 Å². The fourth-order valence-electron chi connectivity index (χ4n) is 1.69. The monoisotopic (exact) mass is 603 g/mol. The van der Waals surface area contributed by atoms with Crippen molar-refractivity contribution in [3.63, 3.8) is 0 Å². The van der Waals surface area contributed by atoms with E-state index in [0.717, 1.165) is 18.9 Å². The number of hydrogen-bond acceptors (Lipinski definition) is 9. The molecular formula is C12H20N4O12P2STc-2. The third kappa shape index (κ3) is 12.8. The first-order valence-electron chi connectivity index (χ1n) is 8.09. The van der Waals surface area contributed by atoms with Gasteiger partial charge in [-0.2, -0.15) is 0 Å². The molecule has 0 radical (unpaired) electrons. The second kappa shape index (κ2) is 15.7. The van der Waals surface area contributed by atoms with Crippen LogP contribution in [0, 0.1) is 0 Å². The summed E-state index contributed by atoms with van der Waals surface area (Å²) in [5.74, 6) is -3.58. The molecule has 20 heteroatoms. The van der Waals surface area contributed by atoms with Crippen LogP contribution in [0.25, 0.3) is 16.0 Å². The Kier molecular flexibility index (Phi) is 16.3. The zero-order chi connectivity index (χ0) is 25.6. The summed E-state index contributed by atoms with van der Waals surface area (Å²) in [7, 11) is -11.2. The fourth-order valence-corrected chi connectivity index (χ4v) is 4.04. The molecule has 4 amide bonds. The third-order valence-corrected chi connectivity index (χ3v) is 7.37. The minimum absolute atomic E-state index is 0.297. The second-order valence-electron chi connectivity index (χ2n) is 5.59. The molecule has 0 bridgehead atoms. The van der Waals surface area contributed by atoms with Crippen molar-refractivity contribution in [2.45, 2.75) is 17.9 Å². The zero-order valence-corrected chi connectivity index (χ0v) is 20.5. The van der Waals surface area contributed by atoms with Gasteiger partial charge in [0.1, 0.15) is 0 Å². The number of rotatable bonds is 13. The SMILES string of the molecule is O=C(C[S-])[N-]CC(=O)[N-]CC(=O)[N-]CC(=O)NCCCC(O)(P(=O)(O)O)P(=O)(O)O.[O]=[Tc+2]. The maximum atomic E-state index is 11.5. The van der Waals surface area contributed by atoms with Crippen LogP contribution in [-0.4, -0.2) is 85.3 Å². The van der Waals surface area contributed by atoms with Gasteiger partial charge in [0, 0.05) is 30.7 Å². The average molecular weight is 604 g/mol. The zero-order valence-electron chi connectivity index (χ0n) is 16.1. The van der Waals surface area contributed by atoms with Crippen LogP contribution in [-0.2, 0) is 63.3 Å². The van der Waals surface area contributed by atoms with Crippen LogP contribution in [0.15, 0.2) is 0 Å². The second-order valence-corrected chi connectivity index (χ2v) is 9.89. The molecule has 0 aliphatic carbocycles. The quantitative estimate of drug-likeness (QED) is 0.0756. The fraction of sp³-hybridized carbons (Fsp3) is 0.667. The predicted molar refractivity (Wildman–Crippen MR) is 104 cm³/mol. The first-order chi connectivity index (χ1) is 14.6. The minimum atomic E-state index is -5.58. The van der Waals surface area contributed by atoms with Gasteiger partial charge < -0.3 is 73.0 Å². The molecule has 0 aliphatic heterocycles. The Morgan fingerprint density at radius 3 is 1.66 bits per heavy atom. The van der Waals surface area contributed by atoms with Gasteiger partial charge in [0.2, 0.25) is 5.91 Å². The summed E-state index contributed by atoms with van der Waals surface area (Å²) in [4.78, 5) is 80.8. The summed E-state index contributed by atoms with van der Waals surface area (Å²) in [5.41, 5.74) is 0. The Bertz CT molecular complexity index is 738. The first-order valence-corrected chi connectivity index (χ1v) is 12.6. The molecule has 16 nitrogen and oxygen atoms in total. The molecule has 0 saturated heterocycles. The van der Waals surface area contributed by atoms with E-state index in [1.807, 2.05) is 0 Å². The van der Waals surface area contributed by atoms with Crippen LogP contribution >= 0.6 is 15.2 Å².